The summed E-state index contributed by atoms with van der Waals surface area (Å²) in [5.74, 6) is -0.0954. The summed E-state index contributed by atoms with van der Waals surface area (Å²) >= 11 is 0. The molecule has 43 heavy (non-hydrogen) atoms. The quantitative estimate of drug-likeness (QED) is 0.349. The van der Waals surface area contributed by atoms with Crippen LogP contribution in [0.25, 0.3) is 0 Å². The van der Waals surface area contributed by atoms with Crippen LogP contribution < -0.4 is 21.1 Å². The molecule has 3 atom stereocenters. The van der Waals surface area contributed by atoms with Crippen molar-refractivity contribution in [2.75, 3.05) is 18.9 Å². The second-order valence-corrected chi connectivity index (χ2v) is 14.0. The summed E-state index contributed by atoms with van der Waals surface area (Å²) in [6.45, 7) is 4.06. The van der Waals surface area contributed by atoms with Gasteiger partial charge in [0.1, 0.15) is 11.8 Å². The van der Waals surface area contributed by atoms with Crippen molar-refractivity contribution in [2.24, 2.45) is 5.92 Å². The van der Waals surface area contributed by atoms with Crippen LogP contribution in [0.1, 0.15) is 70.8 Å². The highest BCUT2D eigenvalue weighted by molar-refractivity contribution is 7.89. The van der Waals surface area contributed by atoms with E-state index < -0.39 is 34.1 Å². The van der Waals surface area contributed by atoms with E-state index in [9.17, 15) is 23.1 Å². The van der Waals surface area contributed by atoms with Gasteiger partial charge in [-0.3, -0.25) is 9.59 Å². The van der Waals surface area contributed by atoms with E-state index in [0.29, 0.717) is 43.7 Å². The van der Waals surface area contributed by atoms with Crippen LogP contribution in [0.3, 0.4) is 0 Å². The van der Waals surface area contributed by atoms with Gasteiger partial charge in [-0.15, -0.1) is 0 Å². The predicted molar refractivity (Wildman–Crippen MR) is 166 cm³/mol. The number of carbonyl (C=O) groups is 2. The maximum atomic E-state index is 13.9. The molecule has 0 aromatic heterocycles. The first-order valence-corrected chi connectivity index (χ1v) is 16.9. The zero-order valence-corrected chi connectivity index (χ0v) is 26.0. The third kappa shape index (κ3) is 8.93. The van der Waals surface area contributed by atoms with Crippen LogP contribution in [0.5, 0.6) is 5.75 Å². The van der Waals surface area contributed by atoms with Gasteiger partial charge >= 0.3 is 0 Å². The summed E-state index contributed by atoms with van der Waals surface area (Å²) in [4.78, 5) is 26.4. The summed E-state index contributed by atoms with van der Waals surface area (Å²) in [6.07, 6.45) is 4.85. The van der Waals surface area contributed by atoms with Crippen LogP contribution in [-0.2, 0) is 26.0 Å². The molecule has 10 nitrogen and oxygen atoms in total. The van der Waals surface area contributed by atoms with Crippen LogP contribution >= 0.6 is 0 Å². The molecule has 0 spiro atoms. The number of fused-ring (bicyclic) bond motifs is 14. The number of nitrogens with zero attached hydrogens (tertiary/aromatic N) is 1. The van der Waals surface area contributed by atoms with Crippen molar-refractivity contribution in [1.29, 1.82) is 0 Å². The first-order chi connectivity index (χ1) is 20.5. The third-order valence-corrected chi connectivity index (χ3v) is 10.3. The molecular formula is C32H46N4O6S. The Morgan fingerprint density at radius 1 is 0.953 bits per heavy atom. The van der Waals surface area contributed by atoms with E-state index in [4.69, 9.17) is 10.5 Å². The zero-order valence-electron chi connectivity index (χ0n) is 25.2. The molecule has 2 aromatic carbocycles. The number of carbonyl (C=O) groups excluding carboxylic acids is 2. The molecule has 2 amide bonds. The van der Waals surface area contributed by atoms with E-state index in [0.717, 1.165) is 31.2 Å². The molecule has 236 valence electrons. The van der Waals surface area contributed by atoms with Crippen molar-refractivity contribution in [3.63, 3.8) is 0 Å². The molecule has 0 unspecified atom stereocenters. The Labute approximate surface area is 255 Å². The maximum Gasteiger partial charge on any atom is 0.243 e. The van der Waals surface area contributed by atoms with Crippen LogP contribution in [0.15, 0.2) is 53.4 Å². The van der Waals surface area contributed by atoms with Gasteiger partial charge in [-0.2, -0.15) is 4.31 Å². The van der Waals surface area contributed by atoms with Crippen molar-refractivity contribution in [2.45, 2.75) is 101 Å². The largest absolute Gasteiger partial charge is 0.494 e. The topological polar surface area (TPSA) is 151 Å². The Morgan fingerprint density at radius 2 is 1.63 bits per heavy atom. The number of hydrogen-bond donors (Lipinski definition) is 4. The highest BCUT2D eigenvalue weighted by Gasteiger charge is 2.37. The number of nitrogens with one attached hydrogen (secondary N) is 2. The first-order valence-electron chi connectivity index (χ1n) is 15.4. The number of ether oxygens (including phenoxy) is 1. The van der Waals surface area contributed by atoms with Crippen LogP contribution in [-0.4, -0.2) is 67.0 Å². The Kier molecular flexibility index (Phi) is 11.5. The summed E-state index contributed by atoms with van der Waals surface area (Å²) in [5.41, 5.74) is 7.11. The van der Waals surface area contributed by atoms with Gasteiger partial charge in [-0.1, -0.05) is 38.8 Å². The van der Waals surface area contributed by atoms with Gasteiger partial charge in [0.2, 0.25) is 21.8 Å². The number of hydrogen-bond acceptors (Lipinski definition) is 7. The average molecular weight is 615 g/mol. The molecule has 1 fully saturated rings. The number of aliphatic hydroxyl groups excluding tert-OH is 1. The summed E-state index contributed by atoms with van der Waals surface area (Å²) in [5, 5.41) is 17.5. The average Bonchev–Trinajstić information content (AvgIpc) is 3.51. The van der Waals surface area contributed by atoms with E-state index in [1.165, 1.54) is 16.4 Å². The summed E-state index contributed by atoms with van der Waals surface area (Å²) < 4.78 is 35.0. The molecule has 2 bridgehead atoms. The van der Waals surface area contributed by atoms with Crippen LogP contribution in [0, 0.1) is 5.92 Å². The van der Waals surface area contributed by atoms with Gasteiger partial charge < -0.3 is 26.2 Å². The predicted octanol–water partition coefficient (Wildman–Crippen LogP) is 3.38. The van der Waals surface area contributed by atoms with Gasteiger partial charge in [0.05, 0.1) is 23.6 Å². The van der Waals surface area contributed by atoms with Gasteiger partial charge in [0.15, 0.2) is 0 Å². The van der Waals surface area contributed by atoms with Gasteiger partial charge in [0, 0.05) is 24.7 Å². The molecular weight excluding hydrogens is 568 g/mol. The molecule has 5 N–H and O–H groups in total. The van der Waals surface area contributed by atoms with Crippen molar-refractivity contribution in [3.8, 4) is 5.75 Å². The van der Waals surface area contributed by atoms with Gasteiger partial charge in [-0.25, -0.2) is 8.42 Å². The number of sulfonamides is 1. The molecule has 3 aliphatic rings. The lowest BCUT2D eigenvalue weighted by Gasteiger charge is -2.34. The zero-order chi connectivity index (χ0) is 31.0. The number of rotatable bonds is 7. The minimum absolute atomic E-state index is 0.108. The Morgan fingerprint density at radius 3 is 2.28 bits per heavy atom. The molecule has 5 rings (SSSR count). The standard InChI is InChI=1S/C32H46N4O6S/c1-22(2)31-32(39)34-28(20-23-11-15-26(16-12-23)42-19-7-3-4-10-30(38)35-31)29(37)21-36(25-8-5-6-9-25)43(40,41)27-17-13-24(33)14-18-27/h11-18,22,25,28-29,31,37H,3-10,19-21,33H2,1-2H3,(H,34,39)(H,35,38)/t28-,29+,31-/m0/s1. The van der Waals surface area contributed by atoms with E-state index in [2.05, 4.69) is 10.6 Å². The normalized spacial score (nSPS) is 22.2. The number of nitrogens with two attached hydrogens (primary N) is 1. The number of amides is 2. The molecule has 1 saturated carbocycles. The van der Waals surface area contributed by atoms with Crippen LogP contribution in [0.4, 0.5) is 5.69 Å². The molecule has 0 radical (unpaired) electrons. The number of anilines is 1. The molecule has 2 aliphatic heterocycles. The van der Waals surface area contributed by atoms with E-state index in [1.54, 1.807) is 12.1 Å². The van der Waals surface area contributed by atoms with Crippen molar-refractivity contribution in [3.05, 3.63) is 54.1 Å². The monoisotopic (exact) mass is 614 g/mol. The Balaban J connectivity index is 1.63. The second kappa shape index (κ2) is 15.0. The van der Waals surface area contributed by atoms with Crippen molar-refractivity contribution < 1.29 is 27.9 Å². The molecule has 1 aliphatic carbocycles. The number of nitrogen functional groups attached to an aromatic ring is 1. The molecule has 2 aromatic rings. The highest BCUT2D eigenvalue weighted by Crippen LogP contribution is 2.30. The number of aliphatic hydroxyl groups is 1. The minimum Gasteiger partial charge on any atom is -0.494 e. The maximum absolute atomic E-state index is 13.9. The van der Waals surface area contributed by atoms with Gasteiger partial charge in [-0.05, 0) is 86.4 Å². The highest BCUT2D eigenvalue weighted by atomic mass is 32.2. The molecule has 2 heterocycles. The smallest absolute Gasteiger partial charge is 0.243 e. The fraction of sp³-hybridized carbons (Fsp3) is 0.562. The van der Waals surface area contributed by atoms with Crippen LogP contribution in [0.2, 0.25) is 0 Å². The SMILES string of the molecule is CC(C)[C@@H]1NC(=O)CCCCCOc2ccc(cc2)C[C@@H]([C@H](O)CN(C2CCCC2)S(=O)(=O)c2ccc(N)cc2)NC1=O. The Hall–Kier alpha value is -3.15. The second-order valence-electron chi connectivity index (χ2n) is 12.1. The summed E-state index contributed by atoms with van der Waals surface area (Å²) in [7, 11) is -3.96. The Bertz CT molecular complexity index is 1310. The minimum atomic E-state index is -3.96. The van der Waals surface area contributed by atoms with Crippen molar-refractivity contribution >= 4 is 27.5 Å². The lowest BCUT2D eigenvalue weighted by Crippen LogP contribution is -2.57. The lowest BCUT2D eigenvalue weighted by atomic mass is 9.98. The van der Waals surface area contributed by atoms with Gasteiger partial charge in [0.25, 0.3) is 0 Å². The third-order valence-electron chi connectivity index (χ3n) is 8.34. The van der Waals surface area contributed by atoms with Crippen molar-refractivity contribution in [1.82, 2.24) is 14.9 Å². The summed E-state index contributed by atoms with van der Waals surface area (Å²) in [6, 6.07) is 11.7. The lowest BCUT2D eigenvalue weighted by molar-refractivity contribution is -0.131. The van der Waals surface area contributed by atoms with E-state index >= 15 is 0 Å². The number of benzene rings is 2. The first kappa shape index (κ1) is 32.8. The fourth-order valence-corrected chi connectivity index (χ4v) is 7.49. The van der Waals surface area contributed by atoms with E-state index in [-0.39, 0.29) is 35.7 Å². The van der Waals surface area contributed by atoms with E-state index in [1.807, 2.05) is 38.1 Å². The molecule has 11 heteroatoms. The molecule has 0 saturated heterocycles. The fourth-order valence-electron chi connectivity index (χ4n) is 5.79.